The summed E-state index contributed by atoms with van der Waals surface area (Å²) in [5.41, 5.74) is 3.42. The second-order valence-electron chi connectivity index (χ2n) is 6.08. The minimum Gasteiger partial charge on any atom is -0.368 e. The predicted octanol–water partition coefficient (Wildman–Crippen LogP) is 1.34. The van der Waals surface area contributed by atoms with E-state index < -0.39 is 0 Å². The Morgan fingerprint density at radius 3 is 3.09 bits per heavy atom. The summed E-state index contributed by atoms with van der Waals surface area (Å²) in [7, 11) is 1.95. The Hall–Kier alpha value is -2.25. The van der Waals surface area contributed by atoms with Gasteiger partial charge in [0.1, 0.15) is 18.1 Å². The van der Waals surface area contributed by atoms with E-state index >= 15 is 0 Å². The highest BCUT2D eigenvalue weighted by Gasteiger charge is 2.26. The standard InChI is InChI=1S/C16H20N6O/c1-12-3-4-15-17-7-13(22(15)8-12)9-21-5-6-23-14(10-21)16-19-18-11-20(16)2/h3-4,7-8,11,14H,5-6,9-10H2,1-2H3/t14-/m1/s1. The molecule has 0 unspecified atom stereocenters. The van der Waals surface area contributed by atoms with Crippen LogP contribution in [0.15, 0.2) is 30.9 Å². The summed E-state index contributed by atoms with van der Waals surface area (Å²) in [4.78, 5) is 6.87. The fourth-order valence-electron chi connectivity index (χ4n) is 3.07. The molecule has 0 N–H and O–H groups in total. The number of imidazole rings is 1. The first-order chi connectivity index (χ1) is 11.2. The Morgan fingerprint density at radius 1 is 1.35 bits per heavy atom. The summed E-state index contributed by atoms with van der Waals surface area (Å²) in [6, 6.07) is 4.14. The zero-order valence-electron chi connectivity index (χ0n) is 13.4. The van der Waals surface area contributed by atoms with Gasteiger partial charge < -0.3 is 13.7 Å². The average molecular weight is 312 g/mol. The fourth-order valence-corrected chi connectivity index (χ4v) is 3.07. The van der Waals surface area contributed by atoms with E-state index in [4.69, 9.17) is 4.74 Å². The fraction of sp³-hybridized carbons (Fsp3) is 0.438. The highest BCUT2D eigenvalue weighted by Crippen LogP contribution is 2.21. The molecule has 0 bridgehead atoms. The molecule has 0 radical (unpaired) electrons. The van der Waals surface area contributed by atoms with E-state index in [0.29, 0.717) is 6.61 Å². The Morgan fingerprint density at radius 2 is 2.26 bits per heavy atom. The highest BCUT2D eigenvalue weighted by molar-refractivity contribution is 5.41. The number of pyridine rings is 1. The molecule has 7 nitrogen and oxygen atoms in total. The average Bonchev–Trinajstić information content (AvgIpc) is 3.14. The van der Waals surface area contributed by atoms with Gasteiger partial charge in [-0.25, -0.2) is 4.98 Å². The topological polar surface area (TPSA) is 60.5 Å². The normalized spacial score (nSPS) is 19.5. The van der Waals surface area contributed by atoms with E-state index in [0.717, 1.165) is 31.1 Å². The molecule has 7 heteroatoms. The summed E-state index contributed by atoms with van der Waals surface area (Å²) >= 11 is 0. The maximum Gasteiger partial charge on any atom is 0.163 e. The lowest BCUT2D eigenvalue weighted by atomic mass is 10.2. The van der Waals surface area contributed by atoms with E-state index in [1.54, 1.807) is 6.33 Å². The van der Waals surface area contributed by atoms with Crippen LogP contribution in [0.4, 0.5) is 0 Å². The molecule has 3 aromatic heterocycles. The lowest BCUT2D eigenvalue weighted by Gasteiger charge is -2.32. The van der Waals surface area contributed by atoms with Crippen LogP contribution >= 0.6 is 0 Å². The zero-order valence-corrected chi connectivity index (χ0v) is 13.4. The second-order valence-corrected chi connectivity index (χ2v) is 6.08. The van der Waals surface area contributed by atoms with Gasteiger partial charge in [0, 0.05) is 32.9 Å². The van der Waals surface area contributed by atoms with Crippen molar-refractivity contribution in [3.05, 3.63) is 47.9 Å². The molecule has 0 spiro atoms. The summed E-state index contributed by atoms with van der Waals surface area (Å²) in [5.74, 6) is 0.878. The van der Waals surface area contributed by atoms with Gasteiger partial charge in [0.15, 0.2) is 5.82 Å². The van der Waals surface area contributed by atoms with Crippen molar-refractivity contribution in [2.45, 2.75) is 19.6 Å². The Kier molecular flexibility index (Phi) is 3.59. The minimum absolute atomic E-state index is 0.0304. The van der Waals surface area contributed by atoms with Gasteiger partial charge in [-0.1, -0.05) is 6.07 Å². The van der Waals surface area contributed by atoms with E-state index in [1.165, 1.54) is 11.3 Å². The first-order valence-corrected chi connectivity index (χ1v) is 7.81. The Labute approximate surface area is 134 Å². The van der Waals surface area contributed by atoms with Crippen LogP contribution in [0.25, 0.3) is 5.65 Å². The first kappa shape index (κ1) is 14.3. The van der Waals surface area contributed by atoms with Crippen molar-refractivity contribution in [3.63, 3.8) is 0 Å². The van der Waals surface area contributed by atoms with Gasteiger partial charge in [0.05, 0.1) is 18.5 Å². The van der Waals surface area contributed by atoms with Crippen molar-refractivity contribution in [3.8, 4) is 0 Å². The van der Waals surface area contributed by atoms with Gasteiger partial charge in [-0.2, -0.15) is 0 Å². The lowest BCUT2D eigenvalue weighted by molar-refractivity contribution is -0.0389. The van der Waals surface area contributed by atoms with E-state index in [-0.39, 0.29) is 6.10 Å². The monoisotopic (exact) mass is 312 g/mol. The predicted molar refractivity (Wildman–Crippen MR) is 84.9 cm³/mol. The summed E-state index contributed by atoms with van der Waals surface area (Å²) < 4.78 is 9.96. The number of aromatic nitrogens is 5. The van der Waals surface area contributed by atoms with Gasteiger partial charge in [-0.15, -0.1) is 10.2 Å². The van der Waals surface area contributed by atoms with Crippen LogP contribution in [0.1, 0.15) is 23.2 Å². The van der Waals surface area contributed by atoms with Crippen LogP contribution in [0.2, 0.25) is 0 Å². The number of fused-ring (bicyclic) bond motifs is 1. The number of ether oxygens (including phenoxy) is 1. The molecule has 23 heavy (non-hydrogen) atoms. The van der Waals surface area contributed by atoms with Gasteiger partial charge >= 0.3 is 0 Å². The minimum atomic E-state index is -0.0304. The number of hydrogen-bond acceptors (Lipinski definition) is 5. The number of nitrogens with zero attached hydrogens (tertiary/aromatic N) is 6. The summed E-state index contributed by atoms with van der Waals surface area (Å²) in [6.45, 7) is 5.37. The van der Waals surface area contributed by atoms with Gasteiger partial charge in [0.25, 0.3) is 0 Å². The number of rotatable bonds is 3. The molecule has 1 fully saturated rings. The molecule has 0 aromatic carbocycles. The smallest absolute Gasteiger partial charge is 0.163 e. The second kappa shape index (κ2) is 5.75. The molecule has 1 saturated heterocycles. The van der Waals surface area contributed by atoms with Crippen molar-refractivity contribution in [1.82, 2.24) is 29.0 Å². The highest BCUT2D eigenvalue weighted by atomic mass is 16.5. The Balaban J connectivity index is 1.54. The molecule has 0 aliphatic carbocycles. The van der Waals surface area contributed by atoms with Crippen molar-refractivity contribution < 1.29 is 4.74 Å². The van der Waals surface area contributed by atoms with Crippen LogP contribution in [0.5, 0.6) is 0 Å². The van der Waals surface area contributed by atoms with E-state index in [9.17, 15) is 0 Å². The summed E-state index contributed by atoms with van der Waals surface area (Å²) in [6.07, 6.45) is 5.78. The van der Waals surface area contributed by atoms with E-state index in [2.05, 4.69) is 49.7 Å². The van der Waals surface area contributed by atoms with Crippen LogP contribution in [-0.4, -0.2) is 48.7 Å². The Bertz CT molecular complexity index is 823. The molecule has 1 atom stereocenters. The summed E-state index contributed by atoms with van der Waals surface area (Å²) in [5, 5.41) is 8.12. The SMILES string of the molecule is Cc1ccc2ncc(CN3CCO[C@@H](c4nncn4C)C3)n2c1. The molecule has 0 amide bonds. The third-order valence-electron chi connectivity index (χ3n) is 4.30. The first-order valence-electron chi connectivity index (χ1n) is 7.81. The number of morpholine rings is 1. The molecule has 120 valence electrons. The number of aryl methyl sites for hydroxylation is 2. The van der Waals surface area contributed by atoms with E-state index in [1.807, 2.05) is 17.8 Å². The maximum atomic E-state index is 5.87. The number of hydrogen-bond donors (Lipinski definition) is 0. The van der Waals surface area contributed by atoms with Crippen LogP contribution in [-0.2, 0) is 18.3 Å². The largest absolute Gasteiger partial charge is 0.368 e. The molecule has 4 rings (SSSR count). The van der Waals surface area contributed by atoms with Crippen molar-refractivity contribution >= 4 is 5.65 Å². The third kappa shape index (κ3) is 2.73. The molecular formula is C16H20N6O. The molecular weight excluding hydrogens is 292 g/mol. The zero-order chi connectivity index (χ0) is 15.8. The molecule has 1 aliphatic rings. The molecule has 0 saturated carbocycles. The van der Waals surface area contributed by atoms with Crippen LogP contribution in [0, 0.1) is 6.92 Å². The van der Waals surface area contributed by atoms with Gasteiger partial charge in [-0.3, -0.25) is 4.90 Å². The van der Waals surface area contributed by atoms with Crippen molar-refractivity contribution in [2.75, 3.05) is 19.7 Å². The van der Waals surface area contributed by atoms with Crippen LogP contribution in [0.3, 0.4) is 0 Å². The molecule has 4 heterocycles. The van der Waals surface area contributed by atoms with Gasteiger partial charge in [-0.05, 0) is 18.6 Å². The van der Waals surface area contributed by atoms with Crippen molar-refractivity contribution in [2.24, 2.45) is 7.05 Å². The molecule has 1 aliphatic heterocycles. The quantitative estimate of drug-likeness (QED) is 0.730. The third-order valence-corrected chi connectivity index (χ3v) is 4.30. The molecule has 3 aromatic rings. The van der Waals surface area contributed by atoms with Gasteiger partial charge in [0.2, 0.25) is 0 Å². The van der Waals surface area contributed by atoms with Crippen LogP contribution < -0.4 is 0 Å². The maximum absolute atomic E-state index is 5.87. The van der Waals surface area contributed by atoms with Crippen molar-refractivity contribution in [1.29, 1.82) is 0 Å². The lowest BCUT2D eigenvalue weighted by Crippen LogP contribution is -2.38.